The Hall–Kier alpha value is 0.0900. The zero-order valence-corrected chi connectivity index (χ0v) is 7.93. The van der Waals surface area contributed by atoms with E-state index in [-0.39, 0.29) is 5.56 Å². The Morgan fingerprint density at radius 2 is 2.44 bits per heavy atom. The van der Waals surface area contributed by atoms with Crippen molar-refractivity contribution in [2.24, 2.45) is 0 Å². The van der Waals surface area contributed by atoms with Gasteiger partial charge in [-0.1, -0.05) is 0 Å². The van der Waals surface area contributed by atoms with Crippen molar-refractivity contribution < 1.29 is 0 Å². The van der Waals surface area contributed by atoms with E-state index < -0.39 is 0 Å². The Kier molecular flexibility index (Phi) is 2.23. The second-order valence-electron chi connectivity index (χ2n) is 1.34. The lowest BCUT2D eigenvalue weighted by Crippen LogP contribution is -2.10. The Labute approximate surface area is 73.2 Å². The number of halogens is 2. The van der Waals surface area contributed by atoms with E-state index in [9.17, 15) is 4.79 Å². The molecular weight excluding hydrogens is 299 g/mol. The van der Waals surface area contributed by atoms with Crippen LogP contribution >= 0.6 is 38.5 Å². The van der Waals surface area contributed by atoms with Crippen LogP contribution in [-0.2, 0) is 0 Å². The Balaban J connectivity index is 3.34. The van der Waals surface area contributed by atoms with Gasteiger partial charge in [-0.15, -0.1) is 0 Å². The molecule has 0 radical (unpaired) electrons. The lowest BCUT2D eigenvalue weighted by Gasteiger charge is -1.87. The number of hydrogen-bond acceptors (Lipinski definition) is 2. The van der Waals surface area contributed by atoms with Crippen molar-refractivity contribution in [2.45, 2.75) is 0 Å². The van der Waals surface area contributed by atoms with Crippen LogP contribution in [0.15, 0.2) is 15.6 Å². The van der Waals surface area contributed by atoms with Crippen LogP contribution in [0.25, 0.3) is 0 Å². The van der Waals surface area contributed by atoms with Gasteiger partial charge in [-0.25, -0.2) is 4.98 Å². The largest absolute Gasteiger partial charge is 0.324 e. The zero-order chi connectivity index (χ0) is 6.85. The van der Waals surface area contributed by atoms with Crippen molar-refractivity contribution in [2.75, 3.05) is 0 Å². The molecule has 1 rings (SSSR count). The van der Waals surface area contributed by atoms with Crippen molar-refractivity contribution >= 4 is 38.5 Å². The first kappa shape index (κ1) is 7.20. The van der Waals surface area contributed by atoms with Crippen molar-refractivity contribution in [3.8, 4) is 0 Å². The maximum atomic E-state index is 10.6. The van der Waals surface area contributed by atoms with E-state index >= 15 is 0 Å². The molecule has 3 nitrogen and oxygen atoms in total. The molecule has 0 fully saturated rings. The lowest BCUT2D eigenvalue weighted by atomic mass is 10.8. The zero-order valence-electron chi connectivity index (χ0n) is 4.19. The number of nitrogens with one attached hydrogen (secondary N) is 1. The fourth-order valence-corrected chi connectivity index (χ4v) is 1.40. The molecule has 0 amide bonds. The van der Waals surface area contributed by atoms with Crippen molar-refractivity contribution in [1.82, 2.24) is 9.97 Å². The summed E-state index contributed by atoms with van der Waals surface area (Å²) >= 11 is 4.98. The number of aromatic amines is 1. The van der Waals surface area contributed by atoms with Gasteiger partial charge in [0.1, 0.15) is 4.60 Å². The summed E-state index contributed by atoms with van der Waals surface area (Å²) in [4.78, 5) is 17.0. The van der Waals surface area contributed by atoms with Crippen molar-refractivity contribution in [3.63, 3.8) is 0 Å². The first-order chi connectivity index (χ1) is 4.20. The number of aromatic nitrogens is 2. The quantitative estimate of drug-likeness (QED) is 0.730. The Morgan fingerprint density at radius 1 is 1.78 bits per heavy atom. The van der Waals surface area contributed by atoms with Crippen LogP contribution in [0, 0.1) is 3.70 Å². The molecule has 0 aliphatic heterocycles. The molecule has 1 aromatic heterocycles. The summed E-state index contributed by atoms with van der Waals surface area (Å²) in [5, 5.41) is 0. The minimum absolute atomic E-state index is 0.154. The van der Waals surface area contributed by atoms with E-state index in [1.165, 1.54) is 6.20 Å². The first-order valence-electron chi connectivity index (χ1n) is 2.11. The molecule has 1 aromatic rings. The molecular formula is C4H2BrIN2O. The summed E-state index contributed by atoms with van der Waals surface area (Å²) in [6, 6.07) is 0. The third-order valence-corrected chi connectivity index (χ3v) is 1.85. The number of hydrogen-bond donors (Lipinski definition) is 1. The number of H-pyrrole nitrogens is 1. The fraction of sp³-hybridized carbons (Fsp3) is 0. The van der Waals surface area contributed by atoms with Gasteiger partial charge in [0, 0.05) is 6.20 Å². The topological polar surface area (TPSA) is 45.8 Å². The molecule has 0 aliphatic rings. The third kappa shape index (κ3) is 1.75. The van der Waals surface area contributed by atoms with Crippen LogP contribution < -0.4 is 5.56 Å². The molecule has 0 atom stereocenters. The van der Waals surface area contributed by atoms with E-state index in [2.05, 4.69) is 25.9 Å². The van der Waals surface area contributed by atoms with Gasteiger partial charge in [-0.3, -0.25) is 4.79 Å². The van der Waals surface area contributed by atoms with Crippen LogP contribution in [-0.4, -0.2) is 9.97 Å². The predicted octanol–water partition coefficient (Wildman–Crippen LogP) is 1.14. The summed E-state index contributed by atoms with van der Waals surface area (Å²) in [5.41, 5.74) is -0.154. The molecule has 0 bridgehead atoms. The summed E-state index contributed by atoms with van der Waals surface area (Å²) in [5.74, 6) is 0. The van der Waals surface area contributed by atoms with Crippen molar-refractivity contribution in [3.05, 3.63) is 24.9 Å². The van der Waals surface area contributed by atoms with Gasteiger partial charge in [0.25, 0.3) is 5.56 Å². The van der Waals surface area contributed by atoms with Gasteiger partial charge in [-0.2, -0.15) is 0 Å². The lowest BCUT2D eigenvalue weighted by molar-refractivity contribution is 1.07. The smallest absolute Gasteiger partial charge is 0.280 e. The van der Waals surface area contributed by atoms with Gasteiger partial charge >= 0.3 is 0 Å². The minimum atomic E-state index is -0.154. The van der Waals surface area contributed by atoms with E-state index in [0.717, 1.165) is 0 Å². The van der Waals surface area contributed by atoms with Crippen LogP contribution in [0.3, 0.4) is 0 Å². The van der Waals surface area contributed by atoms with E-state index in [4.69, 9.17) is 0 Å². The maximum absolute atomic E-state index is 10.6. The first-order valence-corrected chi connectivity index (χ1v) is 3.98. The fourth-order valence-electron chi connectivity index (χ4n) is 0.361. The van der Waals surface area contributed by atoms with Gasteiger partial charge in [0.2, 0.25) is 0 Å². The highest BCUT2D eigenvalue weighted by Gasteiger charge is 1.94. The van der Waals surface area contributed by atoms with Crippen LogP contribution in [0.2, 0.25) is 0 Å². The summed E-state index contributed by atoms with van der Waals surface area (Å²) in [6.07, 6.45) is 1.50. The van der Waals surface area contributed by atoms with E-state index in [0.29, 0.717) is 8.30 Å². The van der Waals surface area contributed by atoms with Gasteiger partial charge in [0.15, 0.2) is 3.70 Å². The van der Waals surface area contributed by atoms with E-state index in [1.54, 1.807) is 0 Å². The maximum Gasteiger partial charge on any atom is 0.280 e. The Morgan fingerprint density at radius 3 is 2.89 bits per heavy atom. The highest BCUT2D eigenvalue weighted by atomic mass is 127. The molecule has 0 unspecified atom stereocenters. The monoisotopic (exact) mass is 300 g/mol. The number of nitrogens with zero attached hydrogens (tertiary/aromatic N) is 1. The highest BCUT2D eigenvalue weighted by Crippen LogP contribution is 2.01. The molecule has 0 spiro atoms. The second-order valence-corrected chi connectivity index (χ2v) is 3.18. The molecule has 1 heterocycles. The van der Waals surface area contributed by atoms with E-state index in [1.807, 2.05) is 22.6 Å². The molecule has 0 saturated heterocycles. The van der Waals surface area contributed by atoms with Gasteiger partial charge < -0.3 is 4.98 Å². The second kappa shape index (κ2) is 2.78. The molecule has 5 heteroatoms. The molecule has 0 aliphatic carbocycles. The van der Waals surface area contributed by atoms with Crippen LogP contribution in [0.4, 0.5) is 0 Å². The molecule has 0 aromatic carbocycles. The average molecular weight is 301 g/mol. The summed E-state index contributed by atoms with van der Waals surface area (Å²) in [6.45, 7) is 0. The molecule has 9 heavy (non-hydrogen) atoms. The minimum Gasteiger partial charge on any atom is -0.324 e. The molecule has 0 saturated carbocycles. The molecule has 1 N–H and O–H groups in total. The summed E-state index contributed by atoms with van der Waals surface area (Å²) in [7, 11) is 0. The van der Waals surface area contributed by atoms with Crippen LogP contribution in [0.5, 0.6) is 0 Å². The Bertz CT molecular complexity index is 272. The van der Waals surface area contributed by atoms with Gasteiger partial charge in [0.05, 0.1) is 0 Å². The predicted molar refractivity (Wildman–Crippen MR) is 45.3 cm³/mol. The van der Waals surface area contributed by atoms with Gasteiger partial charge in [-0.05, 0) is 38.5 Å². The average Bonchev–Trinajstić information content (AvgIpc) is 1.80. The van der Waals surface area contributed by atoms with Crippen molar-refractivity contribution in [1.29, 1.82) is 0 Å². The highest BCUT2D eigenvalue weighted by molar-refractivity contribution is 14.1. The third-order valence-electron chi connectivity index (χ3n) is 0.715. The van der Waals surface area contributed by atoms with Crippen LogP contribution in [0.1, 0.15) is 0 Å². The standard InChI is InChI=1S/C4H2BrIN2O/c5-2-1-7-4(9)3(6)8-2/h1H,(H,7,9). The summed E-state index contributed by atoms with van der Waals surface area (Å²) < 4.78 is 1.09. The molecule has 48 valence electrons. The SMILES string of the molecule is O=c1[nH]cc(Br)nc1I. The normalized spacial score (nSPS) is 9.56. The number of rotatable bonds is 0.